The average Bonchev–Trinajstić information content (AvgIpc) is 2.12. The zero-order valence-corrected chi connectivity index (χ0v) is 6.64. The number of aliphatic hydroxyl groups excluding tert-OH is 2. The molecule has 2 N–H and O–H groups in total. The molecule has 6 heteroatoms. The molecule has 2 radical (unpaired) electrons. The van der Waals surface area contributed by atoms with Gasteiger partial charge in [0.15, 0.2) is 0 Å². The average molecular weight is 177 g/mol. The van der Waals surface area contributed by atoms with E-state index in [0.717, 1.165) is 0 Å². The Morgan fingerprint density at radius 3 is 2.58 bits per heavy atom. The number of nitrogens with zero attached hydrogens (tertiary/aromatic N) is 1. The van der Waals surface area contributed by atoms with E-state index in [1.807, 2.05) is 0 Å². The fraction of sp³-hybridized carbons (Fsp3) is 0.833. The van der Waals surface area contributed by atoms with Crippen LogP contribution in [-0.4, -0.2) is 35.2 Å². The first kappa shape index (κ1) is 11.3. The first-order valence-electron chi connectivity index (χ1n) is 3.44. The Balaban J connectivity index is 3.90. The fourth-order valence-electron chi connectivity index (χ4n) is 0.469. The van der Waals surface area contributed by atoms with E-state index in [-0.39, 0.29) is 6.42 Å². The van der Waals surface area contributed by atoms with Gasteiger partial charge in [-0.05, 0) is 0 Å². The number of aliphatic hydroxyl groups is 2. The Labute approximate surface area is 69.8 Å². The fourth-order valence-corrected chi connectivity index (χ4v) is 0.469. The molecule has 0 aromatic heterocycles. The van der Waals surface area contributed by atoms with Gasteiger partial charge in [-0.2, -0.15) is 0 Å². The largest absolute Gasteiger partial charge is 0.431 e. The van der Waals surface area contributed by atoms with Gasteiger partial charge in [0.05, 0.1) is 6.61 Å². The molecule has 0 rings (SSSR count). The highest BCUT2D eigenvalue weighted by molar-refractivity contribution is 5.69. The van der Waals surface area contributed by atoms with Crippen LogP contribution in [0.3, 0.4) is 0 Å². The Morgan fingerprint density at radius 1 is 1.67 bits per heavy atom. The van der Waals surface area contributed by atoms with Crippen molar-refractivity contribution in [2.45, 2.75) is 25.7 Å². The zero-order valence-electron chi connectivity index (χ0n) is 6.64. The van der Waals surface area contributed by atoms with Crippen molar-refractivity contribution >= 4 is 5.97 Å². The summed E-state index contributed by atoms with van der Waals surface area (Å²) in [5.74, 6) is 7.49. The lowest BCUT2D eigenvalue weighted by atomic mass is 10.3. The van der Waals surface area contributed by atoms with Gasteiger partial charge in [0, 0.05) is 12.3 Å². The van der Waals surface area contributed by atoms with Gasteiger partial charge in [-0.15, -0.1) is 0 Å². The van der Waals surface area contributed by atoms with Gasteiger partial charge in [-0.3, -0.25) is 4.79 Å². The molecule has 0 bridgehead atoms. The third-order valence-corrected chi connectivity index (χ3v) is 1.14. The van der Waals surface area contributed by atoms with Gasteiger partial charge in [-0.25, -0.2) is 4.84 Å². The Bertz CT molecular complexity index is 140. The van der Waals surface area contributed by atoms with Gasteiger partial charge in [0.2, 0.25) is 0 Å². The number of hydrogen-bond acceptors (Lipinski definition) is 5. The van der Waals surface area contributed by atoms with Crippen LogP contribution < -0.4 is 5.90 Å². The number of ether oxygens (including phenoxy) is 1. The maximum absolute atomic E-state index is 10.6. The van der Waals surface area contributed by atoms with Gasteiger partial charge in [0.25, 0.3) is 6.29 Å². The molecule has 0 aliphatic heterocycles. The number of carbonyl (C=O) groups is 1. The molecule has 0 aliphatic carbocycles. The van der Waals surface area contributed by atoms with Crippen LogP contribution in [0.25, 0.3) is 0 Å². The molecule has 2 atom stereocenters. The number of esters is 1. The van der Waals surface area contributed by atoms with Gasteiger partial charge >= 0.3 is 5.97 Å². The summed E-state index contributed by atoms with van der Waals surface area (Å²) in [6.07, 6.45) is -2.87. The third kappa shape index (κ3) is 3.63. The summed E-state index contributed by atoms with van der Waals surface area (Å²) in [5, 5.41) is 17.2. The van der Waals surface area contributed by atoms with E-state index in [9.17, 15) is 4.79 Å². The van der Waals surface area contributed by atoms with Crippen molar-refractivity contribution < 1.29 is 24.6 Å². The highest BCUT2D eigenvalue weighted by atomic mass is 16.8. The highest BCUT2D eigenvalue weighted by Crippen LogP contribution is 2.01. The second kappa shape index (κ2) is 5.90. The van der Waals surface area contributed by atoms with Crippen LogP contribution in [0.1, 0.15) is 13.3 Å². The van der Waals surface area contributed by atoms with Crippen molar-refractivity contribution in [2.24, 2.45) is 0 Å². The first-order valence-corrected chi connectivity index (χ1v) is 3.44. The minimum atomic E-state index is -1.53. The van der Waals surface area contributed by atoms with Crippen LogP contribution >= 0.6 is 0 Å². The molecule has 0 heterocycles. The molecular formula is C6H11NO5. The summed E-state index contributed by atoms with van der Waals surface area (Å²) >= 11 is 0. The van der Waals surface area contributed by atoms with E-state index in [1.165, 1.54) is 0 Å². The molecular weight excluding hydrogens is 166 g/mol. The van der Waals surface area contributed by atoms with Gasteiger partial charge in [-0.1, -0.05) is 6.92 Å². The van der Waals surface area contributed by atoms with Crippen LogP contribution in [0.15, 0.2) is 0 Å². The number of hydrogen-bond donors (Lipinski definition) is 2. The van der Waals surface area contributed by atoms with E-state index in [1.54, 1.807) is 6.92 Å². The SMILES string of the molecule is CCC(=O)OC(O[N])C(O)CO. The number of carbonyl (C=O) groups excluding carboxylic acids is 1. The topological polar surface area (TPSA) is 98.3 Å². The van der Waals surface area contributed by atoms with E-state index >= 15 is 0 Å². The second-order valence-corrected chi connectivity index (χ2v) is 2.07. The smallest absolute Gasteiger partial charge is 0.307 e. The lowest BCUT2D eigenvalue weighted by Crippen LogP contribution is -2.35. The highest BCUT2D eigenvalue weighted by Gasteiger charge is 2.22. The molecule has 0 amide bonds. The molecule has 70 valence electrons. The van der Waals surface area contributed by atoms with Gasteiger partial charge < -0.3 is 14.9 Å². The molecule has 6 nitrogen and oxygen atoms in total. The second-order valence-electron chi connectivity index (χ2n) is 2.07. The van der Waals surface area contributed by atoms with Crippen LogP contribution in [0.4, 0.5) is 0 Å². The predicted octanol–water partition coefficient (Wildman–Crippen LogP) is -1.38. The minimum Gasteiger partial charge on any atom is -0.431 e. The molecule has 0 fully saturated rings. The molecule has 0 aromatic carbocycles. The molecule has 0 aromatic rings. The van der Waals surface area contributed by atoms with Crippen molar-refractivity contribution in [3.05, 3.63) is 0 Å². The zero-order chi connectivity index (χ0) is 9.56. The van der Waals surface area contributed by atoms with Crippen LogP contribution in [-0.2, 0) is 14.4 Å². The Morgan fingerprint density at radius 2 is 2.25 bits per heavy atom. The minimum absolute atomic E-state index is 0.0952. The third-order valence-electron chi connectivity index (χ3n) is 1.14. The van der Waals surface area contributed by atoms with Crippen molar-refractivity contribution in [2.75, 3.05) is 6.61 Å². The van der Waals surface area contributed by atoms with E-state index in [2.05, 4.69) is 9.57 Å². The summed E-state index contributed by atoms with van der Waals surface area (Å²) in [7, 11) is 0. The first-order chi connectivity index (χ1) is 5.65. The van der Waals surface area contributed by atoms with E-state index < -0.39 is 25.0 Å². The predicted molar refractivity (Wildman–Crippen MR) is 36.5 cm³/mol. The summed E-state index contributed by atoms with van der Waals surface area (Å²) in [6.45, 7) is 0.879. The molecule has 0 saturated carbocycles. The molecule has 2 unspecified atom stereocenters. The number of rotatable bonds is 5. The maximum atomic E-state index is 10.6. The Kier molecular flexibility index (Phi) is 5.56. The summed E-state index contributed by atoms with van der Waals surface area (Å²) in [6, 6.07) is 0. The molecule has 0 aliphatic rings. The van der Waals surface area contributed by atoms with E-state index in [0.29, 0.717) is 0 Å². The lowest BCUT2D eigenvalue weighted by molar-refractivity contribution is -0.212. The van der Waals surface area contributed by atoms with Crippen molar-refractivity contribution in [1.82, 2.24) is 5.90 Å². The Hall–Kier alpha value is -0.690. The summed E-state index contributed by atoms with van der Waals surface area (Å²) in [4.78, 5) is 14.2. The standard InChI is InChI=1S/C6H11NO5/c1-2-5(10)11-6(12-7)4(9)3-8/h4,6,8-9H,2-3H2,1H3. The van der Waals surface area contributed by atoms with Crippen molar-refractivity contribution in [1.29, 1.82) is 0 Å². The lowest BCUT2D eigenvalue weighted by Gasteiger charge is -2.17. The molecule has 0 spiro atoms. The molecule has 0 saturated heterocycles. The van der Waals surface area contributed by atoms with Crippen molar-refractivity contribution in [3.63, 3.8) is 0 Å². The normalized spacial score (nSPS) is 15.3. The van der Waals surface area contributed by atoms with Crippen molar-refractivity contribution in [3.8, 4) is 0 Å². The summed E-state index contributed by atoms with van der Waals surface area (Å²) < 4.78 is 4.38. The monoisotopic (exact) mass is 177 g/mol. The quantitative estimate of drug-likeness (QED) is 0.306. The summed E-state index contributed by atoms with van der Waals surface area (Å²) in [5.41, 5.74) is 0. The molecule has 12 heavy (non-hydrogen) atoms. The van der Waals surface area contributed by atoms with Crippen LogP contribution in [0.2, 0.25) is 0 Å². The van der Waals surface area contributed by atoms with E-state index in [4.69, 9.17) is 16.1 Å². The maximum Gasteiger partial charge on any atom is 0.307 e. The van der Waals surface area contributed by atoms with Crippen LogP contribution in [0, 0.1) is 0 Å². The van der Waals surface area contributed by atoms with Crippen LogP contribution in [0.5, 0.6) is 0 Å². The van der Waals surface area contributed by atoms with Gasteiger partial charge in [0.1, 0.15) is 6.10 Å².